The Labute approximate surface area is 252 Å². The molecule has 10 heteroatoms. The number of ether oxygens (including phenoxy) is 4. The first kappa shape index (κ1) is 31.3. The van der Waals surface area contributed by atoms with Crippen LogP contribution < -0.4 is 0 Å². The van der Waals surface area contributed by atoms with E-state index in [1.54, 1.807) is 72.8 Å². The lowest BCUT2D eigenvalue weighted by Crippen LogP contribution is -2.53. The largest absolute Gasteiger partial charge is 0.452 e. The summed E-state index contributed by atoms with van der Waals surface area (Å²) in [4.78, 5) is 65.0. The minimum absolute atomic E-state index is 0.0616. The van der Waals surface area contributed by atoms with Crippen LogP contribution in [0.4, 0.5) is 0 Å². The first-order chi connectivity index (χ1) is 21.4. The lowest BCUT2D eigenvalue weighted by molar-refractivity contribution is -0.142. The maximum atomic E-state index is 13.3. The molecule has 224 valence electrons. The fraction of sp³-hybridized carbons (Fsp3) is 0.147. The molecule has 0 saturated carbocycles. The Kier molecular flexibility index (Phi) is 11.1. The van der Waals surface area contributed by atoms with Gasteiger partial charge in [-0.05, 0) is 48.5 Å². The number of rotatable bonds is 13. The Balaban J connectivity index is 1.75. The molecule has 0 saturated heterocycles. The van der Waals surface area contributed by atoms with Crippen molar-refractivity contribution in [3.8, 4) is 0 Å². The summed E-state index contributed by atoms with van der Waals surface area (Å²) < 4.78 is 22.3. The second-order valence-corrected chi connectivity index (χ2v) is 9.34. The van der Waals surface area contributed by atoms with Crippen LogP contribution in [0.25, 0.3) is 0 Å². The van der Waals surface area contributed by atoms with Crippen LogP contribution in [0.5, 0.6) is 0 Å². The number of benzene rings is 4. The smallest absolute Gasteiger partial charge is 0.338 e. The number of carbonyl (C=O) groups excluding carboxylic acids is 5. The van der Waals surface area contributed by atoms with E-state index in [0.29, 0.717) is 0 Å². The molecule has 0 amide bonds. The van der Waals surface area contributed by atoms with Gasteiger partial charge in [0, 0.05) is 0 Å². The number of aliphatic hydroxyl groups excluding tert-OH is 1. The average molecular weight is 597 g/mol. The molecule has 0 spiro atoms. The minimum Gasteiger partial charge on any atom is -0.452 e. The standard InChI is InChI=1S/C34H28O10/c35-21-27(41-31(37)23-13-5-1-6-14-23)29(43-33(39)25-17-9-3-10-18-25)30(44-34(40)26-19-11-4-12-20-26)28(22-36)42-32(38)24-15-7-2-8-16-24/h1-21,27-30,36H,22H2/t27-,28+,29+,30-/m0/s1. The topological polar surface area (TPSA) is 143 Å². The van der Waals surface area contributed by atoms with Gasteiger partial charge in [-0.2, -0.15) is 0 Å². The van der Waals surface area contributed by atoms with Gasteiger partial charge in [0.2, 0.25) is 0 Å². The Morgan fingerprint density at radius 3 is 1.16 bits per heavy atom. The second kappa shape index (κ2) is 15.6. The third-order valence-corrected chi connectivity index (χ3v) is 6.35. The van der Waals surface area contributed by atoms with E-state index in [0.717, 1.165) is 0 Å². The van der Waals surface area contributed by atoms with Crippen molar-refractivity contribution in [3.05, 3.63) is 144 Å². The third-order valence-electron chi connectivity index (χ3n) is 6.35. The molecular weight excluding hydrogens is 568 g/mol. The Hall–Kier alpha value is -5.61. The van der Waals surface area contributed by atoms with Gasteiger partial charge in [-0.15, -0.1) is 0 Å². The molecule has 0 aliphatic heterocycles. The monoisotopic (exact) mass is 596 g/mol. The molecule has 1 N–H and O–H groups in total. The highest BCUT2D eigenvalue weighted by Gasteiger charge is 2.45. The highest BCUT2D eigenvalue weighted by Crippen LogP contribution is 2.23. The van der Waals surface area contributed by atoms with Crippen molar-refractivity contribution in [1.29, 1.82) is 0 Å². The van der Waals surface area contributed by atoms with Crippen molar-refractivity contribution >= 4 is 30.2 Å². The predicted octanol–water partition coefficient (Wildman–Crippen LogP) is 4.08. The zero-order valence-electron chi connectivity index (χ0n) is 23.3. The van der Waals surface area contributed by atoms with Crippen LogP contribution >= 0.6 is 0 Å². The van der Waals surface area contributed by atoms with Crippen molar-refractivity contribution in [3.63, 3.8) is 0 Å². The summed E-state index contributed by atoms with van der Waals surface area (Å²) in [6.45, 7) is -0.928. The van der Waals surface area contributed by atoms with Crippen LogP contribution in [0.1, 0.15) is 41.4 Å². The van der Waals surface area contributed by atoms with E-state index < -0.39 is 54.9 Å². The SMILES string of the molecule is O=C[C@H](OC(=O)c1ccccc1)[C@@H](OC(=O)c1ccccc1)[C@@H](OC(=O)c1ccccc1)[C@@H](CO)OC(=O)c1ccccc1. The van der Waals surface area contributed by atoms with E-state index in [4.69, 9.17) is 18.9 Å². The van der Waals surface area contributed by atoms with E-state index in [1.807, 2.05) is 0 Å². The number of esters is 4. The molecule has 0 bridgehead atoms. The van der Waals surface area contributed by atoms with Crippen LogP contribution in [0.15, 0.2) is 121 Å². The number of carbonyl (C=O) groups is 5. The van der Waals surface area contributed by atoms with Gasteiger partial charge in [0.15, 0.2) is 30.7 Å². The van der Waals surface area contributed by atoms with Gasteiger partial charge in [-0.3, -0.25) is 4.79 Å². The first-order valence-electron chi connectivity index (χ1n) is 13.5. The quantitative estimate of drug-likeness (QED) is 0.136. The molecule has 4 aromatic carbocycles. The number of hydrogen-bond acceptors (Lipinski definition) is 10. The summed E-state index contributed by atoms with van der Waals surface area (Å²) in [7, 11) is 0. The molecule has 0 heterocycles. The van der Waals surface area contributed by atoms with E-state index >= 15 is 0 Å². The highest BCUT2D eigenvalue weighted by molar-refractivity contribution is 5.92. The van der Waals surface area contributed by atoms with E-state index in [2.05, 4.69) is 0 Å². The maximum absolute atomic E-state index is 13.3. The summed E-state index contributed by atoms with van der Waals surface area (Å²) >= 11 is 0. The van der Waals surface area contributed by atoms with Gasteiger partial charge in [0.05, 0.1) is 28.9 Å². The summed E-state index contributed by atoms with van der Waals surface area (Å²) in [5.74, 6) is -3.77. The predicted molar refractivity (Wildman–Crippen MR) is 156 cm³/mol. The van der Waals surface area contributed by atoms with Crippen molar-refractivity contribution in [2.45, 2.75) is 24.4 Å². The summed E-state index contributed by atoms with van der Waals surface area (Å²) in [6, 6.07) is 30.9. The molecule has 4 rings (SSSR count). The van der Waals surface area contributed by atoms with Crippen molar-refractivity contribution in [2.24, 2.45) is 0 Å². The first-order valence-corrected chi connectivity index (χ1v) is 13.5. The van der Waals surface area contributed by atoms with Crippen LogP contribution in [0.2, 0.25) is 0 Å². The van der Waals surface area contributed by atoms with Gasteiger partial charge in [0.1, 0.15) is 0 Å². The Morgan fingerprint density at radius 2 is 0.818 bits per heavy atom. The molecule has 0 aromatic heterocycles. The van der Waals surface area contributed by atoms with Gasteiger partial charge >= 0.3 is 23.9 Å². The zero-order valence-corrected chi connectivity index (χ0v) is 23.3. The molecule has 4 aromatic rings. The summed E-state index contributed by atoms with van der Waals surface area (Å²) in [5, 5.41) is 10.4. The lowest BCUT2D eigenvalue weighted by atomic mass is 10.0. The Bertz CT molecular complexity index is 1540. The molecule has 0 aliphatic carbocycles. The molecule has 44 heavy (non-hydrogen) atoms. The van der Waals surface area contributed by atoms with Gasteiger partial charge in [-0.1, -0.05) is 72.8 Å². The molecule has 0 radical (unpaired) electrons. The van der Waals surface area contributed by atoms with Gasteiger partial charge < -0.3 is 24.1 Å². The van der Waals surface area contributed by atoms with Crippen LogP contribution in [-0.4, -0.2) is 66.3 Å². The van der Waals surface area contributed by atoms with E-state index in [9.17, 15) is 29.1 Å². The maximum Gasteiger partial charge on any atom is 0.338 e. The van der Waals surface area contributed by atoms with Gasteiger partial charge in [0.25, 0.3) is 0 Å². The molecule has 4 atom stereocenters. The van der Waals surface area contributed by atoms with Crippen molar-refractivity contribution in [1.82, 2.24) is 0 Å². The fourth-order valence-electron chi connectivity index (χ4n) is 4.13. The Morgan fingerprint density at radius 1 is 0.500 bits per heavy atom. The summed E-state index contributed by atoms with van der Waals surface area (Å²) in [6.07, 6.45) is -7.05. The molecule has 0 aliphatic rings. The van der Waals surface area contributed by atoms with Crippen LogP contribution in [0, 0.1) is 0 Å². The number of hydrogen-bond donors (Lipinski definition) is 1. The third kappa shape index (κ3) is 8.24. The van der Waals surface area contributed by atoms with Crippen molar-refractivity contribution < 1.29 is 48.0 Å². The lowest BCUT2D eigenvalue weighted by Gasteiger charge is -2.34. The molecular formula is C34H28O10. The molecule has 0 unspecified atom stereocenters. The molecule has 0 fully saturated rings. The van der Waals surface area contributed by atoms with E-state index in [1.165, 1.54) is 48.5 Å². The van der Waals surface area contributed by atoms with Gasteiger partial charge in [-0.25, -0.2) is 19.2 Å². The van der Waals surface area contributed by atoms with E-state index in [-0.39, 0.29) is 28.5 Å². The number of aldehydes is 1. The normalized spacial score (nSPS) is 13.3. The van der Waals surface area contributed by atoms with Crippen LogP contribution in [0.3, 0.4) is 0 Å². The van der Waals surface area contributed by atoms with Crippen molar-refractivity contribution in [2.75, 3.05) is 6.61 Å². The highest BCUT2D eigenvalue weighted by atomic mass is 16.6. The molecule has 10 nitrogen and oxygen atoms in total. The fourth-order valence-corrected chi connectivity index (χ4v) is 4.13. The minimum atomic E-state index is -1.87. The number of aliphatic hydroxyl groups is 1. The average Bonchev–Trinajstić information content (AvgIpc) is 3.09. The zero-order chi connectivity index (χ0) is 31.3. The van der Waals surface area contributed by atoms with Crippen LogP contribution in [-0.2, 0) is 23.7 Å². The summed E-state index contributed by atoms with van der Waals surface area (Å²) in [5.41, 5.74) is 0.325. The second-order valence-electron chi connectivity index (χ2n) is 9.34.